The van der Waals surface area contributed by atoms with Gasteiger partial charge in [0, 0.05) is 18.8 Å². The van der Waals surface area contributed by atoms with Gasteiger partial charge in [0.25, 0.3) is 0 Å². The maximum Gasteiger partial charge on any atom is 0.0142 e. The molecule has 0 aromatic carbocycles. The Labute approximate surface area is 120 Å². The van der Waals surface area contributed by atoms with Gasteiger partial charge in [-0.25, -0.2) is 0 Å². The van der Waals surface area contributed by atoms with Crippen LogP contribution in [0.25, 0.3) is 0 Å². The van der Waals surface area contributed by atoms with Crippen LogP contribution in [-0.2, 0) is 0 Å². The number of hydrogen-bond acceptors (Lipinski definition) is 1. The number of hydrogen-bond donors (Lipinski definition) is 0. The van der Waals surface area contributed by atoms with Crippen molar-refractivity contribution >= 4 is 10.2 Å². The molecule has 2 heteroatoms. The van der Waals surface area contributed by atoms with Gasteiger partial charge in [0.15, 0.2) is 0 Å². The summed E-state index contributed by atoms with van der Waals surface area (Å²) in [6.45, 7) is 10.8. The van der Waals surface area contributed by atoms with E-state index in [1.165, 1.54) is 32.1 Å². The first-order chi connectivity index (χ1) is 9.25. The molecule has 1 unspecified atom stereocenters. The van der Waals surface area contributed by atoms with Gasteiger partial charge in [-0.2, -0.15) is 0 Å². The van der Waals surface area contributed by atoms with Crippen LogP contribution in [0, 0.1) is 5.92 Å². The molecule has 0 aromatic rings. The van der Waals surface area contributed by atoms with Crippen LogP contribution in [0.4, 0.5) is 0 Å². The molecule has 19 heavy (non-hydrogen) atoms. The Kier molecular flexibility index (Phi) is 5.35. The van der Waals surface area contributed by atoms with E-state index in [1.807, 2.05) is 0 Å². The average molecular weight is 279 g/mol. The lowest BCUT2D eigenvalue weighted by molar-refractivity contribution is 0.409. The van der Waals surface area contributed by atoms with Gasteiger partial charge in [0.1, 0.15) is 0 Å². The monoisotopic (exact) mass is 279 g/mol. The van der Waals surface area contributed by atoms with E-state index in [-0.39, 0.29) is 0 Å². The molecule has 2 aliphatic rings. The molecule has 1 atom stereocenters. The molecular weight excluding hydrogens is 250 g/mol. The molecule has 0 bridgehead atoms. The highest BCUT2D eigenvalue weighted by atomic mass is 32.3. The molecule has 1 aliphatic heterocycles. The fraction of sp³-hybridized carbons (Fsp3) is 0.647. The van der Waals surface area contributed by atoms with E-state index in [0.717, 1.165) is 24.8 Å². The lowest BCUT2D eigenvalue weighted by atomic mass is 9.84. The Morgan fingerprint density at radius 1 is 1.26 bits per heavy atom. The highest BCUT2D eigenvalue weighted by molar-refractivity contribution is 8.36. The average Bonchev–Trinajstić information content (AvgIpc) is 2.87. The topological polar surface area (TPSA) is 3.24 Å². The normalized spacial score (nSPS) is 31.2. The minimum absolute atomic E-state index is 0.833. The molecule has 2 rings (SSSR count). The Morgan fingerprint density at radius 2 is 1.95 bits per heavy atom. The molecule has 1 saturated carbocycles. The summed E-state index contributed by atoms with van der Waals surface area (Å²) in [5, 5.41) is 5.13. The number of nitrogens with zero attached hydrogens (tertiary/aromatic N) is 1. The van der Waals surface area contributed by atoms with Gasteiger partial charge >= 0.3 is 0 Å². The Bertz CT molecular complexity index is 361. The first-order valence-electron chi connectivity index (χ1n) is 7.82. The third-order valence-electron chi connectivity index (χ3n) is 4.48. The molecule has 0 aromatic heterocycles. The van der Waals surface area contributed by atoms with Gasteiger partial charge in [0.2, 0.25) is 0 Å². The first-order valence-corrected chi connectivity index (χ1v) is 9.71. The van der Waals surface area contributed by atoms with Gasteiger partial charge in [-0.3, -0.25) is 4.31 Å². The van der Waals surface area contributed by atoms with E-state index in [2.05, 4.69) is 47.7 Å². The van der Waals surface area contributed by atoms with Crippen LogP contribution in [0.1, 0.15) is 46.0 Å². The van der Waals surface area contributed by atoms with Gasteiger partial charge in [-0.15, -0.1) is 16.8 Å². The van der Waals surface area contributed by atoms with Crippen molar-refractivity contribution in [1.82, 2.24) is 4.31 Å². The summed E-state index contributed by atoms with van der Waals surface area (Å²) in [5.41, 5.74) is 1.63. The fourth-order valence-electron chi connectivity index (χ4n) is 3.44. The SMILES string of the molecule is C=CCS1(N(CC)CC)C=CC(C2CCCCC2)=C1. The molecule has 0 radical (unpaired) electrons. The predicted molar refractivity (Wildman–Crippen MR) is 89.4 cm³/mol. The van der Waals surface area contributed by atoms with E-state index in [0.29, 0.717) is 0 Å². The van der Waals surface area contributed by atoms with E-state index < -0.39 is 10.2 Å². The molecule has 0 saturated heterocycles. The lowest BCUT2D eigenvalue weighted by Gasteiger charge is -2.42. The van der Waals surface area contributed by atoms with Crippen LogP contribution in [0.3, 0.4) is 0 Å². The molecule has 108 valence electrons. The summed E-state index contributed by atoms with van der Waals surface area (Å²) in [6, 6.07) is 0. The zero-order valence-corrected chi connectivity index (χ0v) is 13.4. The van der Waals surface area contributed by atoms with Crippen LogP contribution in [-0.4, -0.2) is 23.1 Å². The van der Waals surface area contributed by atoms with Crippen molar-refractivity contribution < 1.29 is 0 Å². The minimum Gasteiger partial charge on any atom is -0.261 e. The number of allylic oxidation sites excluding steroid dienone is 2. The Morgan fingerprint density at radius 3 is 2.53 bits per heavy atom. The summed E-state index contributed by atoms with van der Waals surface area (Å²) >= 11 is 0. The zero-order chi connectivity index (χ0) is 13.7. The Balaban J connectivity index is 2.19. The van der Waals surface area contributed by atoms with Crippen LogP contribution in [0.15, 0.2) is 35.1 Å². The summed E-state index contributed by atoms with van der Waals surface area (Å²) < 4.78 is 2.64. The quantitative estimate of drug-likeness (QED) is 0.602. The van der Waals surface area contributed by atoms with Crippen LogP contribution in [0.2, 0.25) is 0 Å². The standard InChI is InChI=1S/C17H29NS/c1-4-13-19(18(5-2)6-3)14-12-17(15-19)16-10-8-7-9-11-16/h4,12,14-16H,1,5-11,13H2,2-3H3. The molecule has 1 fully saturated rings. The van der Waals surface area contributed by atoms with Crippen molar-refractivity contribution in [3.05, 3.63) is 35.1 Å². The third kappa shape index (κ3) is 3.17. The Hall–Kier alpha value is -0.470. The van der Waals surface area contributed by atoms with E-state index >= 15 is 0 Å². The second-order valence-corrected chi connectivity index (χ2v) is 8.61. The molecule has 1 heterocycles. The van der Waals surface area contributed by atoms with Crippen molar-refractivity contribution in [2.24, 2.45) is 5.92 Å². The smallest absolute Gasteiger partial charge is 0.0142 e. The van der Waals surface area contributed by atoms with Crippen molar-refractivity contribution in [3.8, 4) is 0 Å². The molecule has 1 aliphatic carbocycles. The zero-order valence-electron chi connectivity index (χ0n) is 12.6. The first kappa shape index (κ1) is 14.9. The van der Waals surface area contributed by atoms with E-state index in [9.17, 15) is 0 Å². The van der Waals surface area contributed by atoms with Crippen LogP contribution < -0.4 is 0 Å². The van der Waals surface area contributed by atoms with Gasteiger partial charge in [0.05, 0.1) is 0 Å². The molecular formula is C17H29NS. The van der Waals surface area contributed by atoms with Crippen molar-refractivity contribution in [2.75, 3.05) is 18.8 Å². The third-order valence-corrected chi connectivity index (χ3v) is 8.02. The van der Waals surface area contributed by atoms with Gasteiger partial charge in [-0.1, -0.05) is 45.3 Å². The van der Waals surface area contributed by atoms with Crippen molar-refractivity contribution in [1.29, 1.82) is 0 Å². The van der Waals surface area contributed by atoms with Crippen molar-refractivity contribution in [2.45, 2.75) is 46.0 Å². The van der Waals surface area contributed by atoms with Crippen LogP contribution >= 0.6 is 10.2 Å². The molecule has 0 amide bonds. The summed E-state index contributed by atoms with van der Waals surface area (Å²) in [5.74, 6) is 1.95. The lowest BCUT2D eigenvalue weighted by Crippen LogP contribution is -2.26. The molecule has 0 spiro atoms. The maximum absolute atomic E-state index is 3.99. The summed E-state index contributed by atoms with van der Waals surface area (Å²) in [7, 11) is -0.878. The van der Waals surface area contributed by atoms with Gasteiger partial charge < -0.3 is 0 Å². The number of rotatable bonds is 6. The minimum atomic E-state index is -0.878. The van der Waals surface area contributed by atoms with Crippen molar-refractivity contribution in [3.63, 3.8) is 0 Å². The second kappa shape index (κ2) is 6.81. The summed E-state index contributed by atoms with van der Waals surface area (Å²) in [6.07, 6.45) is 11.6. The highest BCUT2D eigenvalue weighted by Crippen LogP contribution is 2.59. The molecule has 1 nitrogen and oxygen atoms in total. The molecule has 0 N–H and O–H groups in total. The predicted octanol–water partition coefficient (Wildman–Crippen LogP) is 5.23. The second-order valence-electron chi connectivity index (χ2n) is 5.63. The van der Waals surface area contributed by atoms with E-state index in [4.69, 9.17) is 0 Å². The van der Waals surface area contributed by atoms with Gasteiger partial charge in [-0.05, 0) is 35.1 Å². The highest BCUT2D eigenvalue weighted by Gasteiger charge is 2.30. The van der Waals surface area contributed by atoms with Crippen LogP contribution in [0.5, 0.6) is 0 Å². The van der Waals surface area contributed by atoms with E-state index in [1.54, 1.807) is 5.57 Å². The summed E-state index contributed by atoms with van der Waals surface area (Å²) in [4.78, 5) is 0. The largest absolute Gasteiger partial charge is 0.261 e. The fourth-order valence-corrected chi connectivity index (χ4v) is 6.73. The maximum atomic E-state index is 3.99.